The highest BCUT2D eigenvalue weighted by atomic mass is 16.5. The lowest BCUT2D eigenvalue weighted by Crippen LogP contribution is -2.44. The summed E-state index contributed by atoms with van der Waals surface area (Å²) in [6.45, 7) is 0.711. The van der Waals surface area contributed by atoms with Gasteiger partial charge in [-0.25, -0.2) is 0 Å². The number of amidine groups is 1. The molecule has 2 aromatic rings. The quantitative estimate of drug-likeness (QED) is 0.306. The summed E-state index contributed by atoms with van der Waals surface area (Å²) >= 11 is 0. The van der Waals surface area contributed by atoms with E-state index < -0.39 is 0 Å². The van der Waals surface area contributed by atoms with Crippen LogP contribution in [0.2, 0.25) is 0 Å². The number of ketones is 1. The van der Waals surface area contributed by atoms with Crippen LogP contribution in [0, 0.1) is 11.3 Å². The average molecular weight is 380 g/mol. The maximum atomic E-state index is 12.8. The molecule has 7 nitrogen and oxygen atoms in total. The summed E-state index contributed by atoms with van der Waals surface area (Å²) in [5.41, 5.74) is 8.27. The van der Waals surface area contributed by atoms with Gasteiger partial charge in [0.1, 0.15) is 5.84 Å². The molecule has 1 aliphatic rings. The Morgan fingerprint density at radius 1 is 1.21 bits per heavy atom. The van der Waals surface area contributed by atoms with Crippen LogP contribution >= 0.6 is 0 Å². The van der Waals surface area contributed by atoms with Gasteiger partial charge in [0.05, 0.1) is 18.8 Å². The van der Waals surface area contributed by atoms with Crippen molar-refractivity contribution in [3.8, 4) is 11.3 Å². The van der Waals surface area contributed by atoms with Crippen LogP contribution in [-0.2, 0) is 9.53 Å². The van der Waals surface area contributed by atoms with Crippen LogP contribution in [0.3, 0.4) is 0 Å². The van der Waals surface area contributed by atoms with Gasteiger partial charge in [-0.15, -0.1) is 0 Å². The number of ether oxygens (including phenoxy) is 1. The second-order valence-corrected chi connectivity index (χ2v) is 6.96. The third kappa shape index (κ3) is 4.61. The molecule has 0 amide bonds. The number of piperidine rings is 1. The lowest BCUT2D eigenvalue weighted by molar-refractivity contribution is -0.142. The molecule has 0 bridgehead atoms. The molecule has 0 radical (unpaired) electrons. The Labute approximate surface area is 163 Å². The summed E-state index contributed by atoms with van der Waals surface area (Å²) in [6.07, 6.45) is 3.40. The molecule has 0 saturated carbocycles. The number of aromatic nitrogens is 1. The van der Waals surface area contributed by atoms with E-state index in [4.69, 9.17) is 15.9 Å². The van der Waals surface area contributed by atoms with Gasteiger partial charge in [0.25, 0.3) is 0 Å². The number of benzene rings is 1. The number of carbonyl (C=O) groups excluding carboxylic acids is 2. The average Bonchev–Trinajstić information content (AvgIpc) is 2.73. The van der Waals surface area contributed by atoms with Crippen LogP contribution in [0.25, 0.3) is 11.3 Å². The predicted octanol–water partition coefficient (Wildman–Crippen LogP) is 2.15. The number of methoxy groups -OCH3 is 1. The normalized spacial score (nSPS) is 19.0. The number of rotatable bonds is 6. The largest absolute Gasteiger partial charge is 0.469 e. The molecule has 2 unspecified atom stereocenters. The summed E-state index contributed by atoms with van der Waals surface area (Å²) in [5.74, 6) is -0.0665. The van der Waals surface area contributed by atoms with E-state index in [0.29, 0.717) is 30.5 Å². The minimum Gasteiger partial charge on any atom is -0.469 e. The third-order valence-corrected chi connectivity index (χ3v) is 5.05. The van der Waals surface area contributed by atoms with Crippen molar-refractivity contribution in [2.24, 2.45) is 11.7 Å². The molecular weight excluding hydrogens is 356 g/mol. The molecular formula is C21H24N4O3. The molecule has 0 aliphatic carbocycles. The zero-order valence-electron chi connectivity index (χ0n) is 15.8. The zero-order chi connectivity index (χ0) is 20.1. The number of nitrogen functional groups attached to an aromatic ring is 1. The Morgan fingerprint density at radius 2 is 1.93 bits per heavy atom. The van der Waals surface area contributed by atoms with E-state index in [1.54, 1.807) is 30.5 Å². The van der Waals surface area contributed by atoms with Gasteiger partial charge in [-0.3, -0.25) is 20.0 Å². The van der Waals surface area contributed by atoms with Crippen LogP contribution in [0.5, 0.6) is 0 Å². The molecule has 1 aromatic heterocycles. The molecule has 4 N–H and O–H groups in total. The van der Waals surface area contributed by atoms with Gasteiger partial charge >= 0.3 is 5.97 Å². The van der Waals surface area contributed by atoms with Crippen molar-refractivity contribution < 1.29 is 14.3 Å². The maximum Gasteiger partial charge on any atom is 0.305 e. The second kappa shape index (κ2) is 8.75. The molecule has 2 atom stereocenters. The van der Waals surface area contributed by atoms with Crippen molar-refractivity contribution in [2.45, 2.75) is 25.3 Å². The number of esters is 1. The fraction of sp³-hybridized carbons (Fsp3) is 0.333. The SMILES string of the molecule is COC(=O)CC1CCNC(C(=O)c2ccc(-c3ccc(C(=N)N)cn3)cc2)C1. The Kier molecular flexibility index (Phi) is 6.16. The van der Waals surface area contributed by atoms with Crippen molar-refractivity contribution in [3.05, 3.63) is 53.7 Å². The molecule has 146 valence electrons. The Balaban J connectivity index is 1.67. The van der Waals surface area contributed by atoms with Crippen LogP contribution in [0.1, 0.15) is 35.2 Å². The lowest BCUT2D eigenvalue weighted by Gasteiger charge is -2.29. The lowest BCUT2D eigenvalue weighted by atomic mass is 9.86. The number of hydrogen-bond acceptors (Lipinski definition) is 6. The van der Waals surface area contributed by atoms with Crippen LogP contribution in [0.15, 0.2) is 42.6 Å². The highest BCUT2D eigenvalue weighted by Crippen LogP contribution is 2.24. The van der Waals surface area contributed by atoms with E-state index in [1.165, 1.54) is 7.11 Å². The summed E-state index contributed by atoms with van der Waals surface area (Å²) in [5, 5.41) is 10.7. The van der Waals surface area contributed by atoms with Gasteiger partial charge in [-0.1, -0.05) is 24.3 Å². The number of nitrogens with one attached hydrogen (secondary N) is 2. The van der Waals surface area contributed by atoms with Gasteiger partial charge in [-0.05, 0) is 37.4 Å². The van der Waals surface area contributed by atoms with Crippen LogP contribution < -0.4 is 11.1 Å². The number of Topliss-reactive ketones (excluding diaryl/α,β-unsaturated/α-hetero) is 1. The second-order valence-electron chi connectivity index (χ2n) is 6.96. The summed E-state index contributed by atoms with van der Waals surface area (Å²) in [4.78, 5) is 28.7. The van der Waals surface area contributed by atoms with Gasteiger partial charge in [0.2, 0.25) is 0 Å². The molecule has 2 heterocycles. The molecule has 1 fully saturated rings. The molecule has 1 saturated heterocycles. The maximum absolute atomic E-state index is 12.8. The highest BCUT2D eigenvalue weighted by Gasteiger charge is 2.29. The molecule has 0 spiro atoms. The van der Waals surface area contributed by atoms with Gasteiger partial charge < -0.3 is 15.8 Å². The molecule has 3 rings (SSSR count). The van der Waals surface area contributed by atoms with Crippen molar-refractivity contribution >= 4 is 17.6 Å². The smallest absolute Gasteiger partial charge is 0.305 e. The van der Waals surface area contributed by atoms with Crippen molar-refractivity contribution in [1.29, 1.82) is 5.41 Å². The Morgan fingerprint density at radius 3 is 2.54 bits per heavy atom. The van der Waals surface area contributed by atoms with E-state index >= 15 is 0 Å². The van der Waals surface area contributed by atoms with Crippen LogP contribution in [-0.4, -0.2) is 42.3 Å². The number of nitrogens with two attached hydrogens (primary N) is 1. The van der Waals surface area contributed by atoms with Crippen LogP contribution in [0.4, 0.5) is 0 Å². The fourth-order valence-electron chi connectivity index (χ4n) is 3.43. The van der Waals surface area contributed by atoms with Gasteiger partial charge in [-0.2, -0.15) is 0 Å². The van der Waals surface area contributed by atoms with Crippen molar-refractivity contribution in [3.63, 3.8) is 0 Å². The van der Waals surface area contributed by atoms with Gasteiger partial charge in [0.15, 0.2) is 5.78 Å². The molecule has 7 heteroatoms. The highest BCUT2D eigenvalue weighted by molar-refractivity contribution is 6.00. The van der Waals surface area contributed by atoms with E-state index in [9.17, 15) is 9.59 Å². The van der Waals surface area contributed by atoms with E-state index in [0.717, 1.165) is 17.7 Å². The third-order valence-electron chi connectivity index (χ3n) is 5.05. The first-order valence-electron chi connectivity index (χ1n) is 9.23. The first-order chi connectivity index (χ1) is 13.5. The number of carbonyl (C=O) groups is 2. The Hall–Kier alpha value is -3.06. The van der Waals surface area contributed by atoms with Gasteiger partial charge in [0, 0.05) is 29.3 Å². The number of hydrogen-bond donors (Lipinski definition) is 3. The van der Waals surface area contributed by atoms with E-state index in [2.05, 4.69) is 10.3 Å². The van der Waals surface area contributed by atoms with E-state index in [-0.39, 0.29) is 29.5 Å². The minimum atomic E-state index is -0.290. The summed E-state index contributed by atoms with van der Waals surface area (Å²) in [6, 6.07) is 10.6. The predicted molar refractivity (Wildman–Crippen MR) is 106 cm³/mol. The summed E-state index contributed by atoms with van der Waals surface area (Å²) in [7, 11) is 1.39. The molecule has 1 aliphatic heterocycles. The fourth-order valence-corrected chi connectivity index (χ4v) is 3.43. The summed E-state index contributed by atoms with van der Waals surface area (Å²) < 4.78 is 4.74. The number of pyridine rings is 1. The minimum absolute atomic E-state index is 0.0227. The topological polar surface area (TPSA) is 118 Å². The standard InChI is InChI=1S/C21H24N4O3/c1-28-19(26)11-13-8-9-24-18(10-13)20(27)15-4-2-14(3-5-15)17-7-6-16(12-25-17)21(22)23/h2-7,12-13,18,24H,8-11H2,1H3,(H3,22,23). The number of nitrogens with zero attached hydrogens (tertiary/aromatic N) is 1. The first-order valence-corrected chi connectivity index (χ1v) is 9.23. The molecule has 1 aromatic carbocycles. The van der Waals surface area contributed by atoms with Crippen molar-refractivity contribution in [1.82, 2.24) is 10.3 Å². The monoisotopic (exact) mass is 380 g/mol. The first kappa shape index (κ1) is 19.7. The van der Waals surface area contributed by atoms with Crippen molar-refractivity contribution in [2.75, 3.05) is 13.7 Å². The Bertz CT molecular complexity index is 862. The zero-order valence-corrected chi connectivity index (χ0v) is 15.8. The molecule has 28 heavy (non-hydrogen) atoms. The van der Waals surface area contributed by atoms with E-state index in [1.807, 2.05) is 12.1 Å².